The highest BCUT2D eigenvalue weighted by Crippen LogP contribution is 2.53. The van der Waals surface area contributed by atoms with Crippen LogP contribution in [-0.2, 0) is 24.8 Å². The Morgan fingerprint density at radius 1 is 1.09 bits per heavy atom. The van der Waals surface area contributed by atoms with Crippen molar-refractivity contribution in [2.24, 2.45) is 12.5 Å². The van der Waals surface area contributed by atoms with E-state index < -0.39 is 60.5 Å². The van der Waals surface area contributed by atoms with Crippen molar-refractivity contribution in [3.63, 3.8) is 0 Å². The Balaban J connectivity index is 1.62. The molecule has 1 heterocycles. The predicted octanol–water partition coefficient (Wildman–Crippen LogP) is 6.76. The second kappa shape index (κ2) is 12.6. The monoisotopic (exact) mass is 674 g/mol. The summed E-state index contributed by atoms with van der Waals surface area (Å²) in [7, 11) is 1.53. The molecule has 2 aromatic carbocycles. The van der Waals surface area contributed by atoms with Crippen molar-refractivity contribution in [3.05, 3.63) is 56.8 Å². The molecule has 3 aromatic rings. The number of carbonyl (C=O) groups is 2. The van der Waals surface area contributed by atoms with Crippen molar-refractivity contribution in [2.75, 3.05) is 13.2 Å². The molecule has 1 saturated carbocycles. The van der Waals surface area contributed by atoms with Crippen LogP contribution in [0.5, 0.6) is 5.75 Å². The number of hydrogen-bond donors (Lipinski definition) is 2. The molecule has 1 fully saturated rings. The third-order valence-corrected chi connectivity index (χ3v) is 8.18. The molecule has 1 aromatic heterocycles. The molecule has 2 amide bonds. The molecule has 0 aliphatic heterocycles. The maximum atomic E-state index is 13.5. The molecular formula is C27H24Cl2F8N4O3. The number of hydrogen-bond acceptors (Lipinski definition) is 4. The van der Waals surface area contributed by atoms with Gasteiger partial charge in [-0.15, -0.1) is 0 Å². The summed E-state index contributed by atoms with van der Waals surface area (Å²) in [5.41, 5.74) is -1.94. The lowest BCUT2D eigenvalue weighted by Crippen LogP contribution is -2.54. The standard InChI is InChI=1S/C27H24Cl2F8N4O3/c1-41-18-9-19(44-11-20(30)31)15(23(42)39-12-26(32,33)34)7-17(18)40-21(41)8-14-16(28)4-3-13(22(14)29)10-38-24(43)25(5-2-6-25)27(35,36)37/h3-4,7,9,20H,2,5-6,8,10-12H2,1H3,(H,38,43)(H,39,42). The molecule has 1 aliphatic carbocycles. The van der Waals surface area contributed by atoms with E-state index in [4.69, 9.17) is 27.9 Å². The van der Waals surface area contributed by atoms with Crippen LogP contribution in [0.25, 0.3) is 11.0 Å². The number of aryl methyl sites for hydroxylation is 1. The number of halogens is 10. The summed E-state index contributed by atoms with van der Waals surface area (Å²) in [6.45, 7) is -3.12. The van der Waals surface area contributed by atoms with Gasteiger partial charge in [0.25, 0.3) is 12.3 Å². The van der Waals surface area contributed by atoms with Gasteiger partial charge in [0.1, 0.15) is 30.1 Å². The third-order valence-electron chi connectivity index (χ3n) is 7.36. The molecule has 240 valence electrons. The van der Waals surface area contributed by atoms with Gasteiger partial charge in [0, 0.05) is 31.1 Å². The Morgan fingerprint density at radius 3 is 2.34 bits per heavy atom. The lowest BCUT2D eigenvalue weighted by atomic mass is 9.67. The van der Waals surface area contributed by atoms with Gasteiger partial charge in [-0.05, 0) is 36.1 Å². The average Bonchev–Trinajstić information content (AvgIpc) is 3.19. The van der Waals surface area contributed by atoms with Gasteiger partial charge in [-0.2, -0.15) is 26.3 Å². The van der Waals surface area contributed by atoms with Gasteiger partial charge in [0.2, 0.25) is 5.91 Å². The first kappa shape index (κ1) is 33.6. The smallest absolute Gasteiger partial charge is 0.405 e. The molecule has 44 heavy (non-hydrogen) atoms. The molecule has 4 rings (SSSR count). The Bertz CT molecular complexity index is 1570. The molecular weight excluding hydrogens is 651 g/mol. The van der Waals surface area contributed by atoms with E-state index in [-0.39, 0.29) is 64.7 Å². The average molecular weight is 675 g/mol. The fraction of sp³-hybridized carbons (Fsp3) is 0.444. The summed E-state index contributed by atoms with van der Waals surface area (Å²) in [6.07, 6.45) is -12.8. The van der Waals surface area contributed by atoms with E-state index in [2.05, 4.69) is 10.3 Å². The minimum absolute atomic E-state index is 0.0488. The summed E-state index contributed by atoms with van der Waals surface area (Å²) in [6, 6.07) is 5.16. The van der Waals surface area contributed by atoms with E-state index in [0.29, 0.717) is 5.56 Å². The van der Waals surface area contributed by atoms with E-state index in [9.17, 15) is 44.7 Å². The maximum absolute atomic E-state index is 13.5. The maximum Gasteiger partial charge on any atom is 0.405 e. The van der Waals surface area contributed by atoms with Crippen molar-refractivity contribution in [1.29, 1.82) is 0 Å². The molecule has 0 spiro atoms. The van der Waals surface area contributed by atoms with Crippen molar-refractivity contribution in [3.8, 4) is 5.75 Å². The fourth-order valence-corrected chi connectivity index (χ4v) is 5.34. The van der Waals surface area contributed by atoms with Crippen LogP contribution in [0.1, 0.15) is 46.6 Å². The van der Waals surface area contributed by atoms with E-state index in [1.807, 2.05) is 0 Å². The van der Waals surface area contributed by atoms with Crippen molar-refractivity contribution in [1.82, 2.24) is 20.2 Å². The number of ether oxygens (including phenoxy) is 1. The van der Waals surface area contributed by atoms with Gasteiger partial charge in [-0.1, -0.05) is 35.7 Å². The number of imidazole rings is 1. The number of fused-ring (bicyclic) bond motifs is 1. The SMILES string of the molecule is Cn1c(Cc2c(Cl)ccc(CNC(=O)C3(C(F)(F)F)CCC3)c2Cl)nc2cc(C(=O)NCC(F)(F)F)c(OCC(F)F)cc21. The fourth-order valence-electron chi connectivity index (χ4n) is 4.77. The summed E-state index contributed by atoms with van der Waals surface area (Å²) in [4.78, 5) is 29.4. The number of amides is 2. The Labute approximate surface area is 254 Å². The number of nitrogens with zero attached hydrogens (tertiary/aromatic N) is 2. The molecule has 0 unspecified atom stereocenters. The minimum atomic E-state index is -4.73. The van der Waals surface area contributed by atoms with Crippen molar-refractivity contribution < 1.29 is 49.4 Å². The Morgan fingerprint density at radius 2 is 1.77 bits per heavy atom. The van der Waals surface area contributed by atoms with Crippen LogP contribution in [0.2, 0.25) is 10.0 Å². The van der Waals surface area contributed by atoms with Crippen molar-refractivity contribution >= 4 is 46.0 Å². The Kier molecular flexibility index (Phi) is 9.60. The zero-order valence-corrected chi connectivity index (χ0v) is 24.2. The minimum Gasteiger partial charge on any atom is -0.487 e. The lowest BCUT2D eigenvalue weighted by Gasteiger charge is -2.41. The second-order valence-corrected chi connectivity index (χ2v) is 11.0. The highest BCUT2D eigenvalue weighted by atomic mass is 35.5. The van der Waals surface area contributed by atoms with Gasteiger partial charge in [0.15, 0.2) is 0 Å². The first-order valence-electron chi connectivity index (χ1n) is 13.0. The van der Waals surface area contributed by atoms with Crippen LogP contribution in [0.15, 0.2) is 24.3 Å². The van der Waals surface area contributed by atoms with Crippen LogP contribution in [0.3, 0.4) is 0 Å². The van der Waals surface area contributed by atoms with Gasteiger partial charge in [-0.25, -0.2) is 13.8 Å². The second-order valence-electron chi connectivity index (χ2n) is 10.2. The van der Waals surface area contributed by atoms with Crippen LogP contribution < -0.4 is 15.4 Å². The van der Waals surface area contributed by atoms with Crippen molar-refractivity contribution in [2.45, 2.75) is 51.0 Å². The van der Waals surface area contributed by atoms with E-state index >= 15 is 0 Å². The molecule has 1 aliphatic rings. The van der Waals surface area contributed by atoms with Gasteiger partial charge >= 0.3 is 12.4 Å². The van der Waals surface area contributed by atoms with Crippen LogP contribution in [0.4, 0.5) is 35.1 Å². The Hall–Kier alpha value is -3.33. The molecule has 0 atom stereocenters. The summed E-state index contributed by atoms with van der Waals surface area (Å²) >= 11 is 12.9. The number of nitrogens with one attached hydrogen (secondary N) is 2. The zero-order chi connectivity index (χ0) is 32.6. The number of rotatable bonds is 10. The molecule has 0 bridgehead atoms. The first-order chi connectivity index (χ1) is 20.4. The van der Waals surface area contributed by atoms with Gasteiger partial charge in [0.05, 0.1) is 21.6 Å². The first-order valence-corrected chi connectivity index (χ1v) is 13.7. The van der Waals surface area contributed by atoms with Gasteiger partial charge < -0.3 is 19.9 Å². The predicted molar refractivity (Wildman–Crippen MR) is 144 cm³/mol. The zero-order valence-electron chi connectivity index (χ0n) is 22.7. The largest absolute Gasteiger partial charge is 0.487 e. The van der Waals surface area contributed by atoms with Crippen LogP contribution in [-0.4, -0.2) is 53.3 Å². The number of alkyl halides is 8. The summed E-state index contributed by atoms with van der Waals surface area (Å²) < 4.78 is 111. The molecule has 2 N–H and O–H groups in total. The molecule has 7 nitrogen and oxygen atoms in total. The third kappa shape index (κ3) is 6.98. The normalized spacial score (nSPS) is 14.9. The lowest BCUT2D eigenvalue weighted by molar-refractivity contribution is -0.243. The topological polar surface area (TPSA) is 85.2 Å². The van der Waals surface area contributed by atoms with E-state index in [1.165, 1.54) is 29.8 Å². The number of aromatic nitrogens is 2. The number of carbonyl (C=O) groups excluding carboxylic acids is 2. The molecule has 0 radical (unpaired) electrons. The summed E-state index contributed by atoms with van der Waals surface area (Å²) in [5.74, 6) is -2.51. The van der Waals surface area contributed by atoms with Gasteiger partial charge in [-0.3, -0.25) is 9.59 Å². The van der Waals surface area contributed by atoms with E-state index in [1.54, 1.807) is 5.32 Å². The van der Waals surface area contributed by atoms with E-state index in [0.717, 1.165) is 6.07 Å². The highest BCUT2D eigenvalue weighted by Gasteiger charge is 2.63. The summed E-state index contributed by atoms with van der Waals surface area (Å²) in [5, 5.41) is 4.19. The quantitative estimate of drug-likeness (QED) is 0.233. The molecule has 17 heteroatoms. The van der Waals surface area contributed by atoms with Crippen LogP contribution in [0, 0.1) is 5.41 Å². The molecule has 0 saturated heterocycles. The van der Waals surface area contributed by atoms with Crippen LogP contribution >= 0.6 is 23.2 Å². The number of benzene rings is 2. The highest BCUT2D eigenvalue weighted by molar-refractivity contribution is 6.36.